The van der Waals surface area contributed by atoms with Crippen molar-refractivity contribution in [3.63, 3.8) is 0 Å². The van der Waals surface area contributed by atoms with E-state index in [4.69, 9.17) is 9.47 Å². The summed E-state index contributed by atoms with van der Waals surface area (Å²) in [6.45, 7) is 0. The first-order valence-corrected chi connectivity index (χ1v) is 10.4. The molecule has 0 amide bonds. The predicted molar refractivity (Wildman–Crippen MR) is 113 cm³/mol. The van der Waals surface area contributed by atoms with Crippen molar-refractivity contribution in [1.29, 1.82) is 0 Å². The van der Waals surface area contributed by atoms with Gasteiger partial charge in [0.25, 0.3) is 10.0 Å². The molecule has 0 aliphatic heterocycles. The van der Waals surface area contributed by atoms with Gasteiger partial charge in [-0.2, -0.15) is 0 Å². The van der Waals surface area contributed by atoms with E-state index in [0.29, 0.717) is 28.4 Å². The van der Waals surface area contributed by atoms with E-state index in [0.717, 1.165) is 5.56 Å². The second kappa shape index (κ2) is 7.96. The van der Waals surface area contributed by atoms with Gasteiger partial charge in [-0.15, -0.1) is 0 Å². The summed E-state index contributed by atoms with van der Waals surface area (Å²) in [6, 6.07) is 17.1. The number of hydrogen-bond donors (Lipinski definition) is 1. The minimum absolute atomic E-state index is 0.0864. The quantitative estimate of drug-likeness (QED) is 0.507. The Kier molecular flexibility index (Phi) is 5.20. The van der Waals surface area contributed by atoms with E-state index >= 15 is 0 Å². The number of nitrogens with one attached hydrogen (secondary N) is 1. The summed E-state index contributed by atoms with van der Waals surface area (Å²) in [5.41, 5.74) is 2.30. The minimum Gasteiger partial charge on any atom is -0.493 e. The summed E-state index contributed by atoms with van der Waals surface area (Å²) in [6.07, 6.45) is 1.36. The van der Waals surface area contributed by atoms with Crippen LogP contribution in [0.1, 0.15) is 0 Å². The molecule has 30 heavy (non-hydrogen) atoms. The topological polar surface area (TPSA) is 103 Å². The molecule has 152 valence electrons. The van der Waals surface area contributed by atoms with Crippen LogP contribution in [0, 0.1) is 0 Å². The van der Waals surface area contributed by atoms with Crippen molar-refractivity contribution in [2.45, 2.75) is 4.90 Å². The van der Waals surface area contributed by atoms with Crippen molar-refractivity contribution in [1.82, 2.24) is 15.0 Å². The third-order valence-electron chi connectivity index (χ3n) is 4.38. The number of ether oxygens (including phenoxy) is 2. The molecule has 0 saturated carbocycles. The number of aromatic nitrogens is 3. The molecule has 1 N–H and O–H groups in total. The van der Waals surface area contributed by atoms with Gasteiger partial charge in [0.1, 0.15) is 5.52 Å². The largest absolute Gasteiger partial charge is 0.493 e. The molecule has 9 heteroatoms. The fourth-order valence-electron chi connectivity index (χ4n) is 2.90. The lowest BCUT2D eigenvalue weighted by Gasteiger charge is -2.10. The molecule has 8 nitrogen and oxygen atoms in total. The number of fused-ring (bicyclic) bond motifs is 1. The van der Waals surface area contributed by atoms with Crippen LogP contribution in [0.2, 0.25) is 0 Å². The first kappa shape index (κ1) is 19.6. The van der Waals surface area contributed by atoms with Crippen molar-refractivity contribution in [3.05, 3.63) is 66.9 Å². The van der Waals surface area contributed by atoms with Gasteiger partial charge in [-0.05, 0) is 42.5 Å². The summed E-state index contributed by atoms with van der Waals surface area (Å²) in [7, 11) is -0.641. The molecule has 4 rings (SSSR count). The number of methoxy groups -OCH3 is 2. The maximum Gasteiger partial charge on any atom is 0.263 e. The summed E-state index contributed by atoms with van der Waals surface area (Å²) in [5, 5.41) is 0. The van der Waals surface area contributed by atoms with Crippen molar-refractivity contribution >= 4 is 27.0 Å². The molecule has 2 aromatic heterocycles. The molecule has 4 aromatic rings. The molecule has 0 saturated heterocycles. The van der Waals surface area contributed by atoms with Crippen LogP contribution in [0.5, 0.6) is 11.5 Å². The third-order valence-corrected chi connectivity index (χ3v) is 5.75. The van der Waals surface area contributed by atoms with Gasteiger partial charge in [0.2, 0.25) is 0 Å². The minimum atomic E-state index is -3.77. The lowest BCUT2D eigenvalue weighted by atomic mass is 10.1. The first-order chi connectivity index (χ1) is 14.5. The zero-order valence-electron chi connectivity index (χ0n) is 16.2. The van der Waals surface area contributed by atoms with E-state index in [2.05, 4.69) is 19.7 Å². The summed E-state index contributed by atoms with van der Waals surface area (Å²) in [5.74, 6) is 1.27. The van der Waals surface area contributed by atoms with Gasteiger partial charge in [0.15, 0.2) is 23.0 Å². The van der Waals surface area contributed by atoms with Crippen LogP contribution in [-0.2, 0) is 10.0 Å². The Morgan fingerprint density at radius 2 is 1.63 bits per heavy atom. The zero-order chi connectivity index (χ0) is 21.1. The lowest BCUT2D eigenvalue weighted by molar-refractivity contribution is 0.355. The molecule has 0 bridgehead atoms. The van der Waals surface area contributed by atoms with Gasteiger partial charge in [-0.1, -0.05) is 18.2 Å². The summed E-state index contributed by atoms with van der Waals surface area (Å²) < 4.78 is 38.1. The first-order valence-electron chi connectivity index (χ1n) is 8.94. The molecule has 0 aliphatic rings. The Hall–Kier alpha value is -3.72. The monoisotopic (exact) mass is 422 g/mol. The molecule has 0 aliphatic carbocycles. The lowest BCUT2D eigenvalue weighted by Crippen LogP contribution is -2.14. The molecule has 0 spiro atoms. The highest BCUT2D eigenvalue weighted by Gasteiger charge is 2.15. The van der Waals surface area contributed by atoms with E-state index < -0.39 is 10.0 Å². The normalized spacial score (nSPS) is 11.3. The molecule has 0 radical (unpaired) electrons. The van der Waals surface area contributed by atoms with Crippen molar-refractivity contribution in [2.75, 3.05) is 18.9 Å². The fraction of sp³-hybridized carbons (Fsp3) is 0.0952. The SMILES string of the molecule is COc1ccc(-c2ccc3ncc(NS(=O)(=O)c4ccccc4)nc3n2)cc1OC. The van der Waals surface area contributed by atoms with E-state index in [1.807, 2.05) is 18.2 Å². The maximum absolute atomic E-state index is 12.5. The zero-order valence-corrected chi connectivity index (χ0v) is 17.1. The Morgan fingerprint density at radius 3 is 2.37 bits per heavy atom. The Labute approximate surface area is 173 Å². The highest BCUT2D eigenvalue weighted by atomic mass is 32.2. The number of pyridine rings is 1. The van der Waals surface area contributed by atoms with Crippen molar-refractivity contribution in [2.24, 2.45) is 0 Å². The molecule has 2 aromatic carbocycles. The van der Waals surface area contributed by atoms with Crippen molar-refractivity contribution < 1.29 is 17.9 Å². The predicted octanol–water partition coefficient (Wildman–Crippen LogP) is 3.51. The number of sulfonamides is 1. The Balaban J connectivity index is 1.70. The van der Waals surface area contributed by atoms with Crippen LogP contribution in [0.4, 0.5) is 5.82 Å². The standard InChI is InChI=1S/C21H18N4O4S/c1-28-18-11-8-14(12-19(18)29-2)16-9-10-17-21(23-16)24-20(13-22-17)25-30(26,27)15-6-4-3-5-7-15/h3-13H,1-2H3,(H,23,24,25). The van der Waals surface area contributed by atoms with Gasteiger partial charge in [-0.3, -0.25) is 4.72 Å². The highest BCUT2D eigenvalue weighted by molar-refractivity contribution is 7.92. The summed E-state index contributed by atoms with van der Waals surface area (Å²) in [4.78, 5) is 13.3. The van der Waals surface area contributed by atoms with Crippen LogP contribution >= 0.6 is 0 Å². The number of benzene rings is 2. The third kappa shape index (κ3) is 3.87. The van der Waals surface area contributed by atoms with Crippen LogP contribution < -0.4 is 14.2 Å². The summed E-state index contributed by atoms with van der Waals surface area (Å²) >= 11 is 0. The van der Waals surface area contributed by atoms with Gasteiger partial charge < -0.3 is 9.47 Å². The van der Waals surface area contributed by atoms with Gasteiger partial charge >= 0.3 is 0 Å². The second-order valence-corrected chi connectivity index (χ2v) is 7.97. The van der Waals surface area contributed by atoms with Crippen LogP contribution in [-0.4, -0.2) is 37.6 Å². The van der Waals surface area contributed by atoms with Gasteiger partial charge in [-0.25, -0.2) is 23.4 Å². The molecule has 0 fully saturated rings. The van der Waals surface area contributed by atoms with E-state index in [1.54, 1.807) is 44.6 Å². The highest BCUT2D eigenvalue weighted by Crippen LogP contribution is 2.32. The number of anilines is 1. The van der Waals surface area contributed by atoms with E-state index in [-0.39, 0.29) is 10.7 Å². The van der Waals surface area contributed by atoms with E-state index in [9.17, 15) is 8.42 Å². The van der Waals surface area contributed by atoms with E-state index in [1.165, 1.54) is 18.3 Å². The Morgan fingerprint density at radius 1 is 0.867 bits per heavy atom. The molecule has 0 atom stereocenters. The number of rotatable bonds is 6. The molecule has 0 unspecified atom stereocenters. The Bertz CT molecular complexity index is 1310. The van der Waals surface area contributed by atoms with Crippen LogP contribution in [0.15, 0.2) is 71.8 Å². The fourth-order valence-corrected chi connectivity index (χ4v) is 3.91. The number of nitrogens with zero attached hydrogens (tertiary/aromatic N) is 3. The van der Waals surface area contributed by atoms with Crippen molar-refractivity contribution in [3.8, 4) is 22.8 Å². The molecular weight excluding hydrogens is 404 g/mol. The molecule has 2 heterocycles. The second-order valence-electron chi connectivity index (χ2n) is 6.28. The average Bonchev–Trinajstić information content (AvgIpc) is 2.78. The molecular formula is C21H18N4O4S. The average molecular weight is 422 g/mol. The van der Waals surface area contributed by atoms with Gasteiger partial charge in [0.05, 0.1) is 31.0 Å². The van der Waals surface area contributed by atoms with Gasteiger partial charge in [0, 0.05) is 5.56 Å². The van der Waals surface area contributed by atoms with Crippen LogP contribution in [0.3, 0.4) is 0 Å². The maximum atomic E-state index is 12.5. The smallest absolute Gasteiger partial charge is 0.263 e. The number of hydrogen-bond acceptors (Lipinski definition) is 7. The van der Waals surface area contributed by atoms with Crippen LogP contribution in [0.25, 0.3) is 22.4 Å².